The van der Waals surface area contributed by atoms with Gasteiger partial charge in [0.05, 0.1) is 18.0 Å². The second-order valence-corrected chi connectivity index (χ2v) is 6.63. The molecule has 2 aromatic carbocycles. The van der Waals surface area contributed by atoms with Crippen LogP contribution in [0.15, 0.2) is 48.5 Å². The van der Waals surface area contributed by atoms with Gasteiger partial charge in [-0.05, 0) is 42.2 Å². The van der Waals surface area contributed by atoms with Crippen LogP contribution in [0.2, 0.25) is 0 Å². The van der Waals surface area contributed by atoms with Gasteiger partial charge in [0.25, 0.3) is 0 Å². The highest BCUT2D eigenvalue weighted by atomic mass is 19.1. The molecule has 0 radical (unpaired) electrons. The summed E-state index contributed by atoms with van der Waals surface area (Å²) in [4.78, 5) is 25.4. The maximum Gasteiger partial charge on any atom is 0.407 e. The number of halogens is 1. The Bertz CT molecular complexity index is 822. The molecule has 0 fully saturated rings. The van der Waals surface area contributed by atoms with Crippen LogP contribution in [0.25, 0.3) is 0 Å². The third-order valence-electron chi connectivity index (χ3n) is 5.00. The van der Waals surface area contributed by atoms with E-state index in [9.17, 15) is 19.1 Å². The first kappa shape index (κ1) is 17.9. The first-order valence-electron chi connectivity index (χ1n) is 8.48. The number of carbonyl (C=O) groups excluding carboxylic acids is 1. The molecule has 6 heteroatoms. The van der Waals surface area contributed by atoms with Crippen molar-refractivity contribution in [2.24, 2.45) is 0 Å². The van der Waals surface area contributed by atoms with Gasteiger partial charge in [0.15, 0.2) is 0 Å². The molecule has 2 N–H and O–H groups in total. The lowest BCUT2D eigenvalue weighted by Gasteiger charge is -2.29. The molecule has 1 aliphatic carbocycles. The Morgan fingerprint density at radius 1 is 1.19 bits per heavy atom. The van der Waals surface area contributed by atoms with Gasteiger partial charge in [-0.25, -0.2) is 9.18 Å². The lowest BCUT2D eigenvalue weighted by atomic mass is 9.99. The lowest BCUT2D eigenvalue weighted by molar-refractivity contribution is -0.123. The molecule has 5 nitrogen and oxygen atoms in total. The second kappa shape index (κ2) is 7.15. The maximum absolute atomic E-state index is 13.1. The summed E-state index contributed by atoms with van der Waals surface area (Å²) < 4.78 is 13.1. The van der Waals surface area contributed by atoms with E-state index in [0.717, 1.165) is 11.1 Å². The van der Waals surface area contributed by atoms with Crippen molar-refractivity contribution < 1.29 is 19.1 Å². The maximum atomic E-state index is 13.1. The molecule has 26 heavy (non-hydrogen) atoms. The number of rotatable bonds is 4. The van der Waals surface area contributed by atoms with Crippen LogP contribution < -0.4 is 5.32 Å². The van der Waals surface area contributed by atoms with Crippen LogP contribution in [-0.4, -0.2) is 35.1 Å². The van der Waals surface area contributed by atoms with E-state index in [4.69, 9.17) is 0 Å². The van der Waals surface area contributed by atoms with Gasteiger partial charge in [-0.15, -0.1) is 0 Å². The van der Waals surface area contributed by atoms with Gasteiger partial charge in [0.2, 0.25) is 5.91 Å². The Hall–Kier alpha value is -2.89. The molecular weight excluding hydrogens is 335 g/mol. The van der Waals surface area contributed by atoms with Gasteiger partial charge >= 0.3 is 6.09 Å². The highest BCUT2D eigenvalue weighted by Gasteiger charge is 2.38. The van der Waals surface area contributed by atoms with Crippen molar-refractivity contribution in [2.75, 3.05) is 7.05 Å². The summed E-state index contributed by atoms with van der Waals surface area (Å²) in [7, 11) is 1.51. The molecule has 0 bridgehead atoms. The average Bonchev–Trinajstić information content (AvgIpc) is 2.98. The largest absolute Gasteiger partial charge is 0.465 e. The van der Waals surface area contributed by atoms with E-state index < -0.39 is 18.1 Å². The number of nitrogens with one attached hydrogen (secondary N) is 1. The van der Waals surface area contributed by atoms with Crippen molar-refractivity contribution in [1.82, 2.24) is 10.2 Å². The smallest absolute Gasteiger partial charge is 0.407 e. The topological polar surface area (TPSA) is 69.6 Å². The van der Waals surface area contributed by atoms with Crippen LogP contribution >= 0.6 is 0 Å². The van der Waals surface area contributed by atoms with Crippen molar-refractivity contribution in [1.29, 1.82) is 0 Å². The molecule has 2 amide bonds. The zero-order chi connectivity index (χ0) is 18.8. The zero-order valence-corrected chi connectivity index (χ0v) is 14.6. The molecule has 0 aromatic heterocycles. The van der Waals surface area contributed by atoms with Crippen molar-refractivity contribution in [3.63, 3.8) is 0 Å². The normalized spacial score (nSPS) is 19.5. The summed E-state index contributed by atoms with van der Waals surface area (Å²) in [5.41, 5.74) is 2.66. The Balaban J connectivity index is 1.80. The molecule has 1 aliphatic rings. The molecule has 3 atom stereocenters. The summed E-state index contributed by atoms with van der Waals surface area (Å²) in [6.45, 7) is 1.75. The van der Waals surface area contributed by atoms with Crippen molar-refractivity contribution in [3.05, 3.63) is 71.0 Å². The molecule has 0 saturated heterocycles. The van der Waals surface area contributed by atoms with E-state index >= 15 is 0 Å². The van der Waals surface area contributed by atoms with Gasteiger partial charge in [0, 0.05) is 7.05 Å². The molecule has 136 valence electrons. The standard InChI is InChI=1S/C20H21FN2O3/c1-12(13-7-9-15(21)10-8-13)19(24)22-17-11-14-5-3-4-6-16(14)18(17)23(2)20(25)26/h3-10,12,17-18H,11H2,1-2H3,(H,22,24)(H,25,26)/t12?,17-,18-/m0/s1. The molecule has 0 spiro atoms. The quantitative estimate of drug-likeness (QED) is 0.883. The van der Waals surface area contributed by atoms with Crippen LogP contribution in [0.5, 0.6) is 0 Å². The van der Waals surface area contributed by atoms with Crippen molar-refractivity contribution in [2.45, 2.75) is 31.3 Å². The van der Waals surface area contributed by atoms with E-state index in [1.165, 1.54) is 24.1 Å². The van der Waals surface area contributed by atoms with E-state index in [1.54, 1.807) is 19.1 Å². The predicted octanol–water partition coefficient (Wildman–Crippen LogP) is 3.32. The fourth-order valence-electron chi connectivity index (χ4n) is 3.51. The Morgan fingerprint density at radius 2 is 1.85 bits per heavy atom. The van der Waals surface area contributed by atoms with Gasteiger partial charge in [-0.3, -0.25) is 4.79 Å². The van der Waals surface area contributed by atoms with Crippen LogP contribution in [-0.2, 0) is 11.2 Å². The molecule has 2 aromatic rings. The lowest BCUT2D eigenvalue weighted by Crippen LogP contribution is -2.45. The second-order valence-electron chi connectivity index (χ2n) is 6.63. The number of likely N-dealkylation sites (N-methyl/N-ethyl adjacent to an activating group) is 1. The SMILES string of the molecule is CC(C(=O)N[C@H]1Cc2ccccc2[C@@H]1N(C)C(=O)O)c1ccc(F)cc1. The third-order valence-corrected chi connectivity index (χ3v) is 5.00. The third kappa shape index (κ3) is 3.40. The predicted molar refractivity (Wildman–Crippen MR) is 95.4 cm³/mol. The first-order chi connectivity index (χ1) is 12.4. The molecule has 0 aliphatic heterocycles. The minimum atomic E-state index is -1.04. The number of carboxylic acid groups (broad SMARTS) is 1. The first-order valence-corrected chi connectivity index (χ1v) is 8.48. The number of nitrogens with zero attached hydrogens (tertiary/aromatic N) is 1. The van der Waals surface area contributed by atoms with Crippen LogP contribution in [0.4, 0.5) is 9.18 Å². The summed E-state index contributed by atoms with van der Waals surface area (Å²) in [5, 5.41) is 12.4. The number of hydrogen-bond acceptors (Lipinski definition) is 2. The van der Waals surface area contributed by atoms with E-state index in [2.05, 4.69) is 5.32 Å². The van der Waals surface area contributed by atoms with E-state index in [0.29, 0.717) is 12.0 Å². The Morgan fingerprint density at radius 3 is 2.50 bits per heavy atom. The fraction of sp³-hybridized carbons (Fsp3) is 0.300. The highest BCUT2D eigenvalue weighted by Crippen LogP contribution is 2.35. The zero-order valence-electron chi connectivity index (χ0n) is 14.6. The number of carbonyl (C=O) groups is 2. The molecule has 0 saturated carbocycles. The molecule has 3 rings (SSSR count). The fourth-order valence-corrected chi connectivity index (χ4v) is 3.51. The molecule has 0 heterocycles. The van der Waals surface area contributed by atoms with Crippen LogP contribution in [0, 0.1) is 5.82 Å². The summed E-state index contributed by atoms with van der Waals surface area (Å²) in [6.07, 6.45) is -0.474. The number of benzene rings is 2. The van der Waals surface area contributed by atoms with Gasteiger partial charge in [-0.1, -0.05) is 36.4 Å². The summed E-state index contributed by atoms with van der Waals surface area (Å²) in [6, 6.07) is 12.7. The average molecular weight is 356 g/mol. The summed E-state index contributed by atoms with van der Waals surface area (Å²) >= 11 is 0. The highest BCUT2D eigenvalue weighted by molar-refractivity contribution is 5.83. The van der Waals surface area contributed by atoms with Gasteiger partial charge in [-0.2, -0.15) is 0 Å². The Labute approximate surface area is 151 Å². The van der Waals surface area contributed by atoms with Crippen molar-refractivity contribution >= 4 is 12.0 Å². The number of amides is 2. The minimum absolute atomic E-state index is 0.210. The van der Waals surface area contributed by atoms with Crippen LogP contribution in [0.3, 0.4) is 0 Å². The minimum Gasteiger partial charge on any atom is -0.465 e. The van der Waals surface area contributed by atoms with E-state index in [1.807, 2.05) is 24.3 Å². The summed E-state index contributed by atoms with van der Waals surface area (Å²) in [5.74, 6) is -1.02. The van der Waals surface area contributed by atoms with Crippen molar-refractivity contribution in [3.8, 4) is 0 Å². The molecule has 1 unspecified atom stereocenters. The monoisotopic (exact) mass is 356 g/mol. The number of fused-ring (bicyclic) bond motifs is 1. The van der Waals surface area contributed by atoms with Gasteiger partial charge < -0.3 is 15.3 Å². The van der Waals surface area contributed by atoms with Crippen LogP contribution in [0.1, 0.15) is 35.6 Å². The number of hydrogen-bond donors (Lipinski definition) is 2. The van der Waals surface area contributed by atoms with E-state index in [-0.39, 0.29) is 17.8 Å². The molecular formula is C20H21FN2O3. The Kier molecular flexibility index (Phi) is 4.93. The van der Waals surface area contributed by atoms with Gasteiger partial charge in [0.1, 0.15) is 5.82 Å².